The zero-order valence-electron chi connectivity index (χ0n) is 8.46. The topological polar surface area (TPSA) is 48.4 Å². The zero-order valence-corrected chi connectivity index (χ0v) is 10.0. The fraction of sp³-hybridized carbons (Fsp3) is 0.333. The van der Waals surface area contributed by atoms with E-state index >= 15 is 0 Å². The van der Waals surface area contributed by atoms with Gasteiger partial charge in [0, 0.05) is 6.20 Å². The summed E-state index contributed by atoms with van der Waals surface area (Å²) in [6.07, 6.45) is -1.84. The number of aromatic nitrogens is 1. The first-order chi connectivity index (χ1) is 7.52. The van der Waals surface area contributed by atoms with Crippen molar-refractivity contribution in [3.05, 3.63) is 21.8 Å². The Morgan fingerprint density at radius 1 is 1.50 bits per heavy atom. The molecule has 0 bridgehead atoms. The van der Waals surface area contributed by atoms with Crippen LogP contribution in [0, 0.1) is 0 Å². The van der Waals surface area contributed by atoms with Gasteiger partial charge < -0.3 is 9.47 Å². The minimum Gasteiger partial charge on any atom is -0.480 e. The predicted molar refractivity (Wildman–Crippen MR) is 54.8 cm³/mol. The number of hydrogen-bond acceptors (Lipinski definition) is 4. The summed E-state index contributed by atoms with van der Waals surface area (Å²) in [5.41, 5.74) is -0.774. The molecule has 16 heavy (non-hydrogen) atoms. The van der Waals surface area contributed by atoms with Crippen LogP contribution in [-0.2, 0) is 4.74 Å². The number of hydrogen-bond donors (Lipinski definition) is 0. The third kappa shape index (κ3) is 2.29. The van der Waals surface area contributed by atoms with Crippen LogP contribution in [0.5, 0.6) is 5.88 Å². The van der Waals surface area contributed by atoms with E-state index in [-0.39, 0.29) is 15.9 Å². The third-order valence-corrected chi connectivity index (χ3v) is 2.61. The lowest BCUT2D eigenvalue weighted by atomic mass is 10.1. The number of rotatable bonds is 3. The lowest BCUT2D eigenvalue weighted by Gasteiger charge is -2.11. The lowest BCUT2D eigenvalue weighted by Crippen LogP contribution is -2.08. The number of nitrogens with zero attached hydrogens (tertiary/aromatic N) is 1. The smallest absolute Gasteiger partial charge is 0.339 e. The highest BCUT2D eigenvalue weighted by Gasteiger charge is 2.25. The number of methoxy groups -OCH3 is 2. The van der Waals surface area contributed by atoms with Gasteiger partial charge in [-0.05, 0) is 15.9 Å². The number of alkyl halides is 2. The van der Waals surface area contributed by atoms with Crippen LogP contribution in [0.1, 0.15) is 22.3 Å². The molecule has 0 unspecified atom stereocenters. The molecule has 7 heteroatoms. The van der Waals surface area contributed by atoms with E-state index in [1.165, 1.54) is 7.11 Å². The molecule has 1 aromatic rings. The Balaban J connectivity index is 3.40. The molecule has 0 aliphatic rings. The van der Waals surface area contributed by atoms with Crippen molar-refractivity contribution in [2.45, 2.75) is 6.43 Å². The van der Waals surface area contributed by atoms with E-state index in [1.54, 1.807) is 0 Å². The number of pyridine rings is 1. The van der Waals surface area contributed by atoms with Crippen molar-refractivity contribution in [3.8, 4) is 5.88 Å². The first-order valence-corrected chi connectivity index (χ1v) is 4.91. The van der Waals surface area contributed by atoms with E-state index in [0.717, 1.165) is 13.3 Å². The molecule has 0 radical (unpaired) electrons. The van der Waals surface area contributed by atoms with Crippen molar-refractivity contribution >= 4 is 21.9 Å². The van der Waals surface area contributed by atoms with E-state index in [2.05, 4.69) is 25.7 Å². The Labute approximate surface area is 98.7 Å². The molecular formula is C9H8BrF2NO3. The van der Waals surface area contributed by atoms with E-state index < -0.39 is 18.0 Å². The molecule has 1 aromatic heterocycles. The fourth-order valence-corrected chi connectivity index (χ4v) is 1.76. The largest absolute Gasteiger partial charge is 0.480 e. The maximum absolute atomic E-state index is 12.8. The van der Waals surface area contributed by atoms with Crippen LogP contribution in [0.2, 0.25) is 0 Å². The molecule has 0 fully saturated rings. The van der Waals surface area contributed by atoms with Crippen LogP contribution in [-0.4, -0.2) is 25.2 Å². The molecule has 0 amide bonds. The SMILES string of the molecule is COC(=O)c1cnc(OC)c(Br)c1C(F)F. The van der Waals surface area contributed by atoms with Gasteiger partial charge in [-0.15, -0.1) is 0 Å². The quantitative estimate of drug-likeness (QED) is 0.804. The first-order valence-electron chi connectivity index (χ1n) is 4.11. The molecule has 0 spiro atoms. The summed E-state index contributed by atoms with van der Waals surface area (Å²) in [4.78, 5) is 14.9. The van der Waals surface area contributed by atoms with E-state index in [1.807, 2.05) is 0 Å². The number of esters is 1. The van der Waals surface area contributed by atoms with Crippen molar-refractivity contribution in [2.75, 3.05) is 14.2 Å². The standard InChI is InChI=1S/C9H8BrF2NO3/c1-15-8-6(10)5(7(11)12)4(3-13-8)9(14)16-2/h3,7H,1-2H3. The maximum Gasteiger partial charge on any atom is 0.339 e. The second-order valence-corrected chi connectivity index (χ2v) is 3.49. The lowest BCUT2D eigenvalue weighted by molar-refractivity contribution is 0.0588. The van der Waals surface area contributed by atoms with Crippen LogP contribution >= 0.6 is 15.9 Å². The first kappa shape index (κ1) is 12.8. The van der Waals surface area contributed by atoms with Gasteiger partial charge in [-0.3, -0.25) is 0 Å². The van der Waals surface area contributed by atoms with E-state index in [0.29, 0.717) is 0 Å². The van der Waals surface area contributed by atoms with Gasteiger partial charge >= 0.3 is 5.97 Å². The average molecular weight is 296 g/mol. The van der Waals surface area contributed by atoms with Crippen LogP contribution in [0.25, 0.3) is 0 Å². The van der Waals surface area contributed by atoms with Gasteiger partial charge in [0.05, 0.1) is 29.8 Å². The summed E-state index contributed by atoms with van der Waals surface area (Å²) < 4.78 is 34.7. The number of carbonyl (C=O) groups excluding carboxylic acids is 1. The Hall–Kier alpha value is -1.24. The van der Waals surface area contributed by atoms with Crippen LogP contribution < -0.4 is 4.74 Å². The molecule has 0 N–H and O–H groups in total. The normalized spacial score (nSPS) is 10.4. The molecule has 0 aromatic carbocycles. The average Bonchev–Trinajstić information content (AvgIpc) is 2.26. The van der Waals surface area contributed by atoms with Gasteiger partial charge in [-0.25, -0.2) is 18.6 Å². The van der Waals surface area contributed by atoms with Crippen LogP contribution in [0.4, 0.5) is 8.78 Å². The second kappa shape index (κ2) is 5.20. The molecule has 0 atom stereocenters. The molecule has 0 saturated heterocycles. The Morgan fingerprint density at radius 2 is 2.12 bits per heavy atom. The van der Waals surface area contributed by atoms with Crippen molar-refractivity contribution in [2.24, 2.45) is 0 Å². The Morgan fingerprint density at radius 3 is 2.56 bits per heavy atom. The zero-order chi connectivity index (χ0) is 12.3. The molecule has 88 valence electrons. The highest BCUT2D eigenvalue weighted by Crippen LogP contribution is 2.35. The van der Waals surface area contributed by atoms with Gasteiger partial charge in [-0.2, -0.15) is 0 Å². The van der Waals surface area contributed by atoms with Gasteiger partial charge in [-0.1, -0.05) is 0 Å². The number of ether oxygens (including phenoxy) is 2. The monoisotopic (exact) mass is 295 g/mol. The van der Waals surface area contributed by atoms with Gasteiger partial charge in [0.25, 0.3) is 6.43 Å². The second-order valence-electron chi connectivity index (χ2n) is 2.70. The molecule has 4 nitrogen and oxygen atoms in total. The minimum absolute atomic E-state index is 0.0112. The minimum atomic E-state index is -2.83. The molecule has 0 saturated carbocycles. The van der Waals surface area contributed by atoms with Crippen molar-refractivity contribution in [3.63, 3.8) is 0 Å². The maximum atomic E-state index is 12.8. The number of halogens is 3. The summed E-state index contributed by atoms with van der Waals surface area (Å²) in [7, 11) is 2.40. The predicted octanol–water partition coefficient (Wildman–Crippen LogP) is 2.58. The molecular weight excluding hydrogens is 288 g/mol. The molecule has 1 heterocycles. The summed E-state index contributed by atoms with van der Waals surface area (Å²) in [5, 5.41) is 0. The van der Waals surface area contributed by atoms with Crippen LogP contribution in [0.15, 0.2) is 10.7 Å². The van der Waals surface area contributed by atoms with Gasteiger partial charge in [0.2, 0.25) is 5.88 Å². The van der Waals surface area contributed by atoms with Gasteiger partial charge in [0.15, 0.2) is 0 Å². The molecule has 0 aliphatic carbocycles. The summed E-state index contributed by atoms with van der Waals surface area (Å²) >= 11 is 2.92. The summed E-state index contributed by atoms with van der Waals surface area (Å²) in [5.74, 6) is -0.880. The molecule has 1 rings (SSSR count). The summed E-state index contributed by atoms with van der Waals surface area (Å²) in [6.45, 7) is 0. The Bertz CT molecular complexity index is 412. The highest BCUT2D eigenvalue weighted by atomic mass is 79.9. The van der Waals surface area contributed by atoms with E-state index in [4.69, 9.17) is 4.74 Å². The van der Waals surface area contributed by atoms with E-state index in [9.17, 15) is 13.6 Å². The highest BCUT2D eigenvalue weighted by molar-refractivity contribution is 9.10. The van der Waals surface area contributed by atoms with Gasteiger partial charge in [0.1, 0.15) is 0 Å². The number of carbonyl (C=O) groups is 1. The van der Waals surface area contributed by atoms with Crippen molar-refractivity contribution in [1.82, 2.24) is 4.98 Å². The van der Waals surface area contributed by atoms with Crippen molar-refractivity contribution in [1.29, 1.82) is 0 Å². The molecule has 0 aliphatic heterocycles. The third-order valence-electron chi connectivity index (χ3n) is 1.84. The Kier molecular flexibility index (Phi) is 4.17. The van der Waals surface area contributed by atoms with Crippen molar-refractivity contribution < 1.29 is 23.0 Å². The fourth-order valence-electron chi connectivity index (χ4n) is 1.11. The summed E-state index contributed by atoms with van der Waals surface area (Å²) in [6, 6.07) is 0. The van der Waals surface area contributed by atoms with Crippen LogP contribution in [0.3, 0.4) is 0 Å².